The van der Waals surface area contributed by atoms with E-state index in [1.807, 2.05) is 25.1 Å². The van der Waals surface area contributed by atoms with E-state index in [1.54, 1.807) is 33.7 Å². The van der Waals surface area contributed by atoms with Gasteiger partial charge < -0.3 is 4.90 Å². The number of hydrogen-bond donors (Lipinski definition) is 0. The van der Waals surface area contributed by atoms with Crippen LogP contribution < -0.4 is 10.5 Å². The largest absolute Gasteiger partial charge is 0.354 e. The summed E-state index contributed by atoms with van der Waals surface area (Å²) >= 11 is 0. The van der Waals surface area contributed by atoms with Crippen molar-refractivity contribution in [1.29, 1.82) is 0 Å². The quantitative estimate of drug-likeness (QED) is 0.472. The molecular formula is C21H23N9O. The first-order valence-electron chi connectivity index (χ1n) is 10.3. The number of fused-ring (bicyclic) bond motifs is 1. The summed E-state index contributed by atoms with van der Waals surface area (Å²) in [7, 11) is 0. The van der Waals surface area contributed by atoms with Crippen LogP contribution >= 0.6 is 0 Å². The van der Waals surface area contributed by atoms with Crippen LogP contribution in [0.25, 0.3) is 17.0 Å². The Kier molecular flexibility index (Phi) is 5.13. The summed E-state index contributed by atoms with van der Waals surface area (Å²) in [5, 5.41) is 8.85. The Bertz CT molecular complexity index is 1240. The van der Waals surface area contributed by atoms with Gasteiger partial charge in [-0.2, -0.15) is 19.7 Å². The zero-order chi connectivity index (χ0) is 21.2. The number of aromatic nitrogens is 7. The van der Waals surface area contributed by atoms with Crippen LogP contribution in [0.5, 0.6) is 0 Å². The summed E-state index contributed by atoms with van der Waals surface area (Å²) in [6.07, 6.45) is 4.99. The molecule has 0 unspecified atom stereocenters. The maximum atomic E-state index is 12.3. The van der Waals surface area contributed by atoms with E-state index in [0.29, 0.717) is 12.3 Å². The van der Waals surface area contributed by atoms with E-state index in [9.17, 15) is 4.79 Å². The minimum atomic E-state index is -0.0859. The molecule has 1 aliphatic heterocycles. The summed E-state index contributed by atoms with van der Waals surface area (Å²) < 4.78 is 3.34. The van der Waals surface area contributed by atoms with Gasteiger partial charge >= 0.3 is 0 Å². The second-order valence-corrected chi connectivity index (χ2v) is 7.57. The van der Waals surface area contributed by atoms with E-state index in [-0.39, 0.29) is 5.56 Å². The van der Waals surface area contributed by atoms with Crippen molar-refractivity contribution in [3.05, 3.63) is 65.1 Å². The molecule has 158 valence electrons. The summed E-state index contributed by atoms with van der Waals surface area (Å²) in [6, 6.07) is 9.17. The third-order valence-electron chi connectivity index (χ3n) is 5.53. The molecule has 0 N–H and O–H groups in total. The summed E-state index contributed by atoms with van der Waals surface area (Å²) in [5.41, 5.74) is 2.57. The average Bonchev–Trinajstić information content (AvgIpc) is 3.27. The Morgan fingerprint density at radius 2 is 1.81 bits per heavy atom. The number of nitrogens with zero attached hydrogens (tertiary/aromatic N) is 9. The molecule has 4 aromatic heterocycles. The van der Waals surface area contributed by atoms with Crippen molar-refractivity contribution in [2.45, 2.75) is 13.5 Å². The van der Waals surface area contributed by atoms with Crippen molar-refractivity contribution in [3.8, 4) is 11.3 Å². The van der Waals surface area contributed by atoms with Crippen LogP contribution in [-0.2, 0) is 6.54 Å². The molecule has 10 heteroatoms. The molecule has 0 atom stereocenters. The van der Waals surface area contributed by atoms with Crippen LogP contribution in [0.3, 0.4) is 0 Å². The van der Waals surface area contributed by atoms with Gasteiger partial charge in [-0.25, -0.2) is 9.67 Å². The van der Waals surface area contributed by atoms with E-state index in [1.165, 1.54) is 6.33 Å². The van der Waals surface area contributed by atoms with Gasteiger partial charge in [0.2, 0.25) is 0 Å². The zero-order valence-corrected chi connectivity index (χ0v) is 17.3. The molecule has 1 fully saturated rings. The van der Waals surface area contributed by atoms with E-state index in [4.69, 9.17) is 0 Å². The molecule has 0 aliphatic carbocycles. The van der Waals surface area contributed by atoms with Gasteiger partial charge in [-0.3, -0.25) is 14.7 Å². The summed E-state index contributed by atoms with van der Waals surface area (Å²) in [4.78, 5) is 29.6. The Morgan fingerprint density at radius 1 is 1.00 bits per heavy atom. The highest BCUT2D eigenvalue weighted by atomic mass is 16.1. The molecule has 1 aliphatic rings. The molecule has 0 amide bonds. The lowest BCUT2D eigenvalue weighted by Gasteiger charge is -2.35. The van der Waals surface area contributed by atoms with E-state index in [0.717, 1.165) is 55.5 Å². The first kappa shape index (κ1) is 19.3. The maximum Gasteiger partial charge on any atom is 0.266 e. The Hall–Kier alpha value is -3.66. The lowest BCUT2D eigenvalue weighted by Crippen LogP contribution is -2.48. The SMILES string of the molecule is Cc1cc(N2CCN(CCn3nc(-c4ccncc4)ccc3=O)CC2)n2ncnc2n1. The van der Waals surface area contributed by atoms with Gasteiger partial charge in [0.1, 0.15) is 12.1 Å². The third kappa shape index (κ3) is 4.02. The van der Waals surface area contributed by atoms with Crippen molar-refractivity contribution in [3.63, 3.8) is 0 Å². The Morgan fingerprint density at radius 3 is 2.61 bits per heavy atom. The second-order valence-electron chi connectivity index (χ2n) is 7.57. The zero-order valence-electron chi connectivity index (χ0n) is 17.3. The predicted molar refractivity (Wildman–Crippen MR) is 116 cm³/mol. The van der Waals surface area contributed by atoms with E-state index in [2.05, 4.69) is 34.9 Å². The van der Waals surface area contributed by atoms with Crippen LogP contribution in [-0.4, -0.2) is 72.0 Å². The highest BCUT2D eigenvalue weighted by Crippen LogP contribution is 2.18. The molecule has 0 aromatic carbocycles. The molecular weight excluding hydrogens is 394 g/mol. The summed E-state index contributed by atoms with van der Waals surface area (Å²) in [6.45, 7) is 6.84. The highest BCUT2D eigenvalue weighted by molar-refractivity contribution is 5.57. The molecule has 1 saturated heterocycles. The van der Waals surface area contributed by atoms with Crippen LogP contribution in [0.1, 0.15) is 5.69 Å². The minimum absolute atomic E-state index is 0.0859. The monoisotopic (exact) mass is 417 g/mol. The lowest BCUT2D eigenvalue weighted by molar-refractivity contribution is 0.242. The number of hydrogen-bond acceptors (Lipinski definition) is 8. The maximum absolute atomic E-state index is 12.3. The van der Waals surface area contributed by atoms with Gasteiger partial charge in [0.15, 0.2) is 0 Å². The van der Waals surface area contributed by atoms with Gasteiger partial charge in [-0.05, 0) is 25.1 Å². The first-order chi connectivity index (χ1) is 15.2. The number of pyridine rings is 1. The van der Waals surface area contributed by atoms with Crippen molar-refractivity contribution in [2.24, 2.45) is 0 Å². The molecule has 0 radical (unpaired) electrons. The molecule has 0 bridgehead atoms. The molecule has 0 spiro atoms. The normalized spacial score (nSPS) is 14.9. The van der Waals surface area contributed by atoms with Gasteiger partial charge in [-0.15, -0.1) is 0 Å². The lowest BCUT2D eigenvalue weighted by atomic mass is 10.2. The molecule has 4 aromatic rings. The highest BCUT2D eigenvalue weighted by Gasteiger charge is 2.20. The van der Waals surface area contributed by atoms with E-state index < -0.39 is 0 Å². The Balaban J connectivity index is 1.24. The third-order valence-corrected chi connectivity index (χ3v) is 5.53. The standard InChI is InChI=1S/C21H23N9O/c1-16-14-19(30-21(25-16)23-15-24-30)28-11-8-27(9-12-28)10-13-29-20(31)3-2-18(26-29)17-4-6-22-7-5-17/h2-7,14-15H,8-13H2,1H3. The fourth-order valence-corrected chi connectivity index (χ4v) is 3.86. The van der Waals surface area contributed by atoms with Crippen LogP contribution in [0.15, 0.2) is 53.8 Å². The van der Waals surface area contributed by atoms with Crippen LogP contribution in [0.4, 0.5) is 5.82 Å². The average molecular weight is 417 g/mol. The van der Waals surface area contributed by atoms with Crippen LogP contribution in [0.2, 0.25) is 0 Å². The molecule has 10 nitrogen and oxygen atoms in total. The van der Waals surface area contributed by atoms with Gasteiger partial charge in [0, 0.05) is 68.5 Å². The summed E-state index contributed by atoms with van der Waals surface area (Å²) in [5.74, 6) is 1.64. The van der Waals surface area contributed by atoms with Gasteiger partial charge in [0.05, 0.1) is 12.2 Å². The smallest absolute Gasteiger partial charge is 0.266 e. The molecule has 5 heterocycles. The number of rotatable bonds is 5. The van der Waals surface area contributed by atoms with Crippen molar-refractivity contribution in [2.75, 3.05) is 37.6 Å². The van der Waals surface area contributed by atoms with Gasteiger partial charge in [0.25, 0.3) is 11.3 Å². The fraction of sp³-hybridized carbons (Fsp3) is 0.333. The number of anilines is 1. The molecule has 0 saturated carbocycles. The molecule has 5 rings (SSSR count). The van der Waals surface area contributed by atoms with E-state index >= 15 is 0 Å². The molecule has 31 heavy (non-hydrogen) atoms. The Labute approximate surface area is 178 Å². The van der Waals surface area contributed by atoms with Crippen molar-refractivity contribution < 1.29 is 0 Å². The van der Waals surface area contributed by atoms with Crippen LogP contribution in [0, 0.1) is 6.92 Å². The predicted octanol–water partition coefficient (Wildman–Crippen LogP) is 0.874. The van der Waals surface area contributed by atoms with Gasteiger partial charge in [-0.1, -0.05) is 0 Å². The topological polar surface area (TPSA) is 97.3 Å². The first-order valence-corrected chi connectivity index (χ1v) is 10.3. The second kappa shape index (κ2) is 8.23. The number of piperazine rings is 1. The van der Waals surface area contributed by atoms with Crippen molar-refractivity contribution >= 4 is 11.6 Å². The van der Waals surface area contributed by atoms with Crippen molar-refractivity contribution in [1.82, 2.24) is 39.2 Å². The fourth-order valence-electron chi connectivity index (χ4n) is 3.86. The minimum Gasteiger partial charge on any atom is -0.354 e. The number of aryl methyl sites for hydroxylation is 1.